The van der Waals surface area contributed by atoms with E-state index in [4.69, 9.17) is 14.9 Å². The van der Waals surface area contributed by atoms with E-state index in [2.05, 4.69) is 0 Å². The molecule has 0 amide bonds. The van der Waals surface area contributed by atoms with Crippen LogP contribution in [-0.4, -0.2) is 13.7 Å². The van der Waals surface area contributed by atoms with Crippen LogP contribution in [0.5, 0.6) is 0 Å². The van der Waals surface area contributed by atoms with Gasteiger partial charge >= 0.3 is 0 Å². The Hall–Kier alpha value is -0.800. The summed E-state index contributed by atoms with van der Waals surface area (Å²) < 4.78 is 10.7. The Morgan fingerprint density at radius 3 is 2.58 bits per heavy atom. The molecule has 0 spiro atoms. The smallest absolute Gasteiger partial charge is 0.137 e. The fourth-order valence-electron chi connectivity index (χ4n) is 1.00. The molecular formula is C9H15NO2. The van der Waals surface area contributed by atoms with Crippen molar-refractivity contribution in [2.75, 3.05) is 13.7 Å². The number of hydrogen-bond donors (Lipinski definition) is 1. The van der Waals surface area contributed by atoms with Gasteiger partial charge in [0.1, 0.15) is 17.1 Å². The van der Waals surface area contributed by atoms with Gasteiger partial charge in [0, 0.05) is 13.7 Å². The van der Waals surface area contributed by atoms with Crippen LogP contribution in [0.1, 0.15) is 18.4 Å². The van der Waals surface area contributed by atoms with Crippen LogP contribution < -0.4 is 5.73 Å². The van der Waals surface area contributed by atoms with E-state index in [9.17, 15) is 0 Å². The van der Waals surface area contributed by atoms with Gasteiger partial charge in [0.05, 0.1) is 0 Å². The zero-order valence-electron chi connectivity index (χ0n) is 7.76. The standard InChI is InChI=1S/C9H15NO2/c1-7-4-5-8(12-7)9(2,6-10)11-3/h4-5H,6,10H2,1-3H3. The lowest BCUT2D eigenvalue weighted by Crippen LogP contribution is -2.33. The molecule has 0 bridgehead atoms. The molecule has 1 heterocycles. The van der Waals surface area contributed by atoms with E-state index < -0.39 is 5.60 Å². The van der Waals surface area contributed by atoms with Crippen molar-refractivity contribution in [3.63, 3.8) is 0 Å². The number of ether oxygens (including phenoxy) is 1. The molecule has 68 valence electrons. The minimum Gasteiger partial charge on any atom is -0.463 e. The molecule has 2 N–H and O–H groups in total. The van der Waals surface area contributed by atoms with Crippen molar-refractivity contribution >= 4 is 0 Å². The molecule has 0 aliphatic heterocycles. The van der Waals surface area contributed by atoms with Gasteiger partial charge < -0.3 is 14.9 Å². The molecule has 0 aliphatic rings. The van der Waals surface area contributed by atoms with Gasteiger partial charge in [0.2, 0.25) is 0 Å². The number of hydrogen-bond acceptors (Lipinski definition) is 3. The summed E-state index contributed by atoms with van der Waals surface area (Å²) in [7, 11) is 1.63. The molecule has 0 saturated carbocycles. The van der Waals surface area contributed by atoms with E-state index >= 15 is 0 Å². The van der Waals surface area contributed by atoms with Gasteiger partial charge in [-0.1, -0.05) is 0 Å². The zero-order chi connectivity index (χ0) is 9.19. The highest BCUT2D eigenvalue weighted by Crippen LogP contribution is 2.24. The molecule has 1 atom stereocenters. The van der Waals surface area contributed by atoms with Gasteiger partial charge in [0.25, 0.3) is 0 Å². The number of aryl methyl sites for hydroxylation is 1. The molecule has 3 nitrogen and oxygen atoms in total. The summed E-state index contributed by atoms with van der Waals surface area (Å²) in [5, 5.41) is 0. The lowest BCUT2D eigenvalue weighted by atomic mass is 10.0. The van der Waals surface area contributed by atoms with Crippen LogP contribution in [0, 0.1) is 6.92 Å². The Bertz CT molecular complexity index is 251. The quantitative estimate of drug-likeness (QED) is 0.744. The van der Waals surface area contributed by atoms with Gasteiger partial charge in [-0.15, -0.1) is 0 Å². The minimum atomic E-state index is -0.492. The number of rotatable bonds is 3. The van der Waals surface area contributed by atoms with Crippen LogP contribution in [0.2, 0.25) is 0 Å². The molecule has 1 aromatic heterocycles. The highest BCUT2D eigenvalue weighted by Gasteiger charge is 2.27. The topological polar surface area (TPSA) is 48.4 Å². The molecule has 3 heteroatoms. The van der Waals surface area contributed by atoms with Gasteiger partial charge in [-0.3, -0.25) is 0 Å². The molecule has 0 fully saturated rings. The lowest BCUT2D eigenvalue weighted by Gasteiger charge is -2.23. The van der Waals surface area contributed by atoms with Crippen LogP contribution in [0.3, 0.4) is 0 Å². The minimum absolute atomic E-state index is 0.413. The summed E-state index contributed by atoms with van der Waals surface area (Å²) >= 11 is 0. The molecule has 0 radical (unpaired) electrons. The number of nitrogens with two attached hydrogens (primary N) is 1. The van der Waals surface area contributed by atoms with Gasteiger partial charge in [-0.25, -0.2) is 0 Å². The van der Waals surface area contributed by atoms with Crippen LogP contribution in [0.4, 0.5) is 0 Å². The predicted octanol–water partition coefficient (Wildman–Crippen LogP) is 1.41. The van der Waals surface area contributed by atoms with E-state index in [1.165, 1.54) is 0 Å². The number of furan rings is 1. The van der Waals surface area contributed by atoms with Crippen LogP contribution in [0.15, 0.2) is 16.5 Å². The molecule has 12 heavy (non-hydrogen) atoms. The molecule has 0 saturated heterocycles. The van der Waals surface area contributed by atoms with Crippen LogP contribution >= 0.6 is 0 Å². The fraction of sp³-hybridized carbons (Fsp3) is 0.556. The summed E-state index contributed by atoms with van der Waals surface area (Å²) in [4.78, 5) is 0. The maximum atomic E-state index is 5.57. The third-order valence-electron chi connectivity index (χ3n) is 2.10. The summed E-state index contributed by atoms with van der Waals surface area (Å²) in [6.45, 7) is 4.22. The van der Waals surface area contributed by atoms with E-state index in [1.54, 1.807) is 7.11 Å². The summed E-state index contributed by atoms with van der Waals surface area (Å²) in [5.41, 5.74) is 5.08. The maximum absolute atomic E-state index is 5.57. The largest absolute Gasteiger partial charge is 0.463 e. The van der Waals surface area contributed by atoms with Crippen molar-refractivity contribution in [3.8, 4) is 0 Å². The van der Waals surface area contributed by atoms with Crippen molar-refractivity contribution in [2.24, 2.45) is 5.73 Å². The van der Waals surface area contributed by atoms with Gasteiger partial charge in [0.15, 0.2) is 0 Å². The zero-order valence-corrected chi connectivity index (χ0v) is 7.76. The van der Waals surface area contributed by atoms with E-state index in [0.29, 0.717) is 6.54 Å². The first-order chi connectivity index (χ1) is 5.62. The Labute approximate surface area is 72.5 Å². The molecular weight excluding hydrogens is 154 g/mol. The monoisotopic (exact) mass is 169 g/mol. The summed E-state index contributed by atoms with van der Waals surface area (Å²) in [6, 6.07) is 3.80. The second-order valence-electron chi connectivity index (χ2n) is 3.05. The van der Waals surface area contributed by atoms with E-state index in [1.807, 2.05) is 26.0 Å². The maximum Gasteiger partial charge on any atom is 0.137 e. The van der Waals surface area contributed by atoms with E-state index in [0.717, 1.165) is 11.5 Å². The van der Waals surface area contributed by atoms with Crippen molar-refractivity contribution in [2.45, 2.75) is 19.4 Å². The van der Waals surface area contributed by atoms with Crippen molar-refractivity contribution in [1.82, 2.24) is 0 Å². The molecule has 0 aliphatic carbocycles. The average molecular weight is 169 g/mol. The second kappa shape index (κ2) is 3.29. The first kappa shape index (κ1) is 9.29. The molecule has 0 aromatic carbocycles. The Balaban J connectivity index is 2.94. The van der Waals surface area contributed by atoms with E-state index in [-0.39, 0.29) is 0 Å². The Morgan fingerprint density at radius 1 is 1.58 bits per heavy atom. The number of methoxy groups -OCH3 is 1. The average Bonchev–Trinajstić information content (AvgIpc) is 2.51. The third kappa shape index (κ3) is 1.52. The first-order valence-corrected chi connectivity index (χ1v) is 3.94. The Kier molecular flexibility index (Phi) is 2.55. The lowest BCUT2D eigenvalue weighted by molar-refractivity contribution is -0.00833. The first-order valence-electron chi connectivity index (χ1n) is 3.94. The predicted molar refractivity (Wildman–Crippen MR) is 46.9 cm³/mol. The highest BCUT2D eigenvalue weighted by molar-refractivity contribution is 5.13. The third-order valence-corrected chi connectivity index (χ3v) is 2.10. The highest BCUT2D eigenvalue weighted by atomic mass is 16.5. The van der Waals surface area contributed by atoms with Crippen LogP contribution in [0.25, 0.3) is 0 Å². The van der Waals surface area contributed by atoms with Crippen molar-refractivity contribution < 1.29 is 9.15 Å². The SMILES string of the molecule is COC(C)(CN)c1ccc(C)o1. The molecule has 1 unspecified atom stereocenters. The van der Waals surface area contributed by atoms with Gasteiger partial charge in [-0.2, -0.15) is 0 Å². The van der Waals surface area contributed by atoms with Crippen molar-refractivity contribution in [1.29, 1.82) is 0 Å². The van der Waals surface area contributed by atoms with Crippen molar-refractivity contribution in [3.05, 3.63) is 23.7 Å². The molecule has 1 rings (SSSR count). The summed E-state index contributed by atoms with van der Waals surface area (Å²) in [6.07, 6.45) is 0. The summed E-state index contributed by atoms with van der Waals surface area (Å²) in [5.74, 6) is 1.66. The second-order valence-corrected chi connectivity index (χ2v) is 3.05. The fourth-order valence-corrected chi connectivity index (χ4v) is 1.00. The Morgan fingerprint density at radius 2 is 2.25 bits per heavy atom. The van der Waals surface area contributed by atoms with Gasteiger partial charge in [-0.05, 0) is 26.0 Å². The van der Waals surface area contributed by atoms with Crippen LogP contribution in [-0.2, 0) is 10.3 Å². The molecule has 1 aromatic rings. The normalized spacial score (nSPS) is 16.0.